The van der Waals surface area contributed by atoms with Crippen LogP contribution in [-0.4, -0.2) is 22.1 Å². The quantitative estimate of drug-likeness (QED) is 0.901. The molecule has 0 aliphatic rings. The predicted molar refractivity (Wildman–Crippen MR) is 67.0 cm³/mol. The van der Waals surface area contributed by atoms with Crippen LogP contribution in [0.15, 0.2) is 12.4 Å². The van der Waals surface area contributed by atoms with Crippen LogP contribution in [0.3, 0.4) is 0 Å². The van der Waals surface area contributed by atoms with Crippen molar-refractivity contribution in [3.8, 4) is 16.6 Å². The van der Waals surface area contributed by atoms with Crippen molar-refractivity contribution in [1.29, 1.82) is 0 Å². The molecule has 90 valence electrons. The molecular weight excluding hydrogens is 236 g/mol. The summed E-state index contributed by atoms with van der Waals surface area (Å²) in [4.78, 5) is 13.7. The van der Waals surface area contributed by atoms with E-state index in [1.807, 2.05) is 13.8 Å². The van der Waals surface area contributed by atoms with Gasteiger partial charge in [-0.3, -0.25) is 0 Å². The monoisotopic (exact) mass is 250 g/mol. The Balaban J connectivity index is 2.42. The van der Waals surface area contributed by atoms with Gasteiger partial charge in [-0.2, -0.15) is 0 Å². The van der Waals surface area contributed by atoms with Gasteiger partial charge < -0.3 is 10.5 Å². The maximum absolute atomic E-state index is 5.87. The molecule has 1 atom stereocenters. The highest BCUT2D eigenvalue weighted by Crippen LogP contribution is 2.30. The number of hydrogen-bond donors (Lipinski definition) is 1. The van der Waals surface area contributed by atoms with E-state index in [2.05, 4.69) is 15.0 Å². The molecule has 0 aromatic carbocycles. The summed E-state index contributed by atoms with van der Waals surface area (Å²) in [6.07, 6.45) is 1.47. The van der Waals surface area contributed by atoms with Crippen molar-refractivity contribution in [3.05, 3.63) is 23.0 Å². The van der Waals surface area contributed by atoms with E-state index in [9.17, 15) is 0 Å². The summed E-state index contributed by atoms with van der Waals surface area (Å²) in [6, 6.07) is 1.76. The smallest absolute Gasteiger partial charge is 0.216 e. The summed E-state index contributed by atoms with van der Waals surface area (Å²) in [6.45, 7) is 3.90. The Hall–Kier alpha value is -1.53. The van der Waals surface area contributed by atoms with Crippen LogP contribution in [0.25, 0.3) is 10.7 Å². The molecular formula is C11H14N4OS. The van der Waals surface area contributed by atoms with Gasteiger partial charge >= 0.3 is 0 Å². The van der Waals surface area contributed by atoms with Gasteiger partial charge in [-0.25, -0.2) is 15.0 Å². The van der Waals surface area contributed by atoms with E-state index in [0.717, 1.165) is 21.3 Å². The van der Waals surface area contributed by atoms with E-state index >= 15 is 0 Å². The lowest BCUT2D eigenvalue weighted by molar-refractivity contribution is 0.397. The largest absolute Gasteiger partial charge is 0.481 e. The molecule has 0 saturated heterocycles. The summed E-state index contributed by atoms with van der Waals surface area (Å²) < 4.78 is 5.06. The third-order valence-corrected chi connectivity index (χ3v) is 3.70. The first-order chi connectivity index (χ1) is 8.11. The van der Waals surface area contributed by atoms with Crippen LogP contribution in [0.2, 0.25) is 0 Å². The van der Waals surface area contributed by atoms with Crippen LogP contribution >= 0.6 is 11.3 Å². The first-order valence-corrected chi connectivity index (χ1v) is 6.02. The Morgan fingerprint density at radius 1 is 1.41 bits per heavy atom. The number of rotatable bonds is 3. The van der Waals surface area contributed by atoms with Gasteiger partial charge in [0.15, 0.2) is 0 Å². The summed E-state index contributed by atoms with van der Waals surface area (Å²) >= 11 is 1.56. The lowest BCUT2D eigenvalue weighted by atomic mass is 10.2. The van der Waals surface area contributed by atoms with Crippen molar-refractivity contribution in [2.45, 2.75) is 19.9 Å². The van der Waals surface area contributed by atoms with Crippen LogP contribution in [0.1, 0.15) is 23.5 Å². The lowest BCUT2D eigenvalue weighted by Crippen LogP contribution is -2.03. The summed E-state index contributed by atoms with van der Waals surface area (Å²) in [5, 5.41) is 0.843. The van der Waals surface area contributed by atoms with E-state index in [1.54, 1.807) is 24.5 Å². The summed E-state index contributed by atoms with van der Waals surface area (Å²) in [7, 11) is 1.58. The first kappa shape index (κ1) is 11.9. The number of aryl methyl sites for hydroxylation is 1. The second kappa shape index (κ2) is 4.77. The number of nitrogens with two attached hydrogens (primary N) is 1. The molecule has 2 N–H and O–H groups in total. The molecule has 0 saturated carbocycles. The average Bonchev–Trinajstić information content (AvgIpc) is 2.71. The number of methoxy groups -OCH3 is 1. The summed E-state index contributed by atoms with van der Waals surface area (Å²) in [5.41, 5.74) is 7.59. The molecule has 2 heterocycles. The number of aromatic nitrogens is 3. The Morgan fingerprint density at radius 2 is 2.18 bits per heavy atom. The van der Waals surface area contributed by atoms with Crippen LogP contribution in [0.5, 0.6) is 5.88 Å². The fourth-order valence-corrected chi connectivity index (χ4v) is 2.49. The highest BCUT2D eigenvalue weighted by atomic mass is 32.1. The van der Waals surface area contributed by atoms with E-state index < -0.39 is 0 Å². The summed E-state index contributed by atoms with van der Waals surface area (Å²) in [5.74, 6) is 0.533. The lowest BCUT2D eigenvalue weighted by Gasteiger charge is -2.00. The molecule has 17 heavy (non-hydrogen) atoms. The van der Waals surface area contributed by atoms with E-state index in [0.29, 0.717) is 5.88 Å². The first-order valence-electron chi connectivity index (χ1n) is 5.21. The van der Waals surface area contributed by atoms with Gasteiger partial charge in [-0.1, -0.05) is 0 Å². The van der Waals surface area contributed by atoms with Gasteiger partial charge in [-0.15, -0.1) is 11.3 Å². The molecule has 2 aromatic rings. The topological polar surface area (TPSA) is 73.9 Å². The zero-order valence-corrected chi connectivity index (χ0v) is 10.8. The Morgan fingerprint density at radius 3 is 2.76 bits per heavy atom. The van der Waals surface area contributed by atoms with Gasteiger partial charge in [0.2, 0.25) is 5.88 Å². The van der Waals surface area contributed by atoms with Crippen LogP contribution in [0, 0.1) is 6.92 Å². The minimum Gasteiger partial charge on any atom is -0.481 e. The van der Waals surface area contributed by atoms with E-state index in [1.165, 1.54) is 6.33 Å². The van der Waals surface area contributed by atoms with Gasteiger partial charge in [0.25, 0.3) is 0 Å². The van der Waals surface area contributed by atoms with Crippen molar-refractivity contribution in [1.82, 2.24) is 15.0 Å². The second-order valence-corrected chi connectivity index (χ2v) is 4.73. The van der Waals surface area contributed by atoms with Gasteiger partial charge in [-0.05, 0) is 13.8 Å². The van der Waals surface area contributed by atoms with Crippen molar-refractivity contribution in [3.63, 3.8) is 0 Å². The Kier molecular flexibility index (Phi) is 3.35. The van der Waals surface area contributed by atoms with Gasteiger partial charge in [0.05, 0.1) is 12.8 Å². The molecule has 0 spiro atoms. The molecule has 0 fully saturated rings. The number of thiazole rings is 1. The SMILES string of the molecule is COc1cc(-c2nc(C)c(C(C)N)s2)ncn1. The van der Waals surface area contributed by atoms with Crippen molar-refractivity contribution >= 4 is 11.3 Å². The molecule has 2 aromatic heterocycles. The zero-order valence-electron chi connectivity index (χ0n) is 9.97. The third kappa shape index (κ3) is 2.42. The normalized spacial score (nSPS) is 12.5. The minimum atomic E-state index is -0.00928. The van der Waals surface area contributed by atoms with Crippen molar-refractivity contribution < 1.29 is 4.74 Å². The molecule has 0 radical (unpaired) electrons. The van der Waals surface area contributed by atoms with Crippen LogP contribution in [-0.2, 0) is 0 Å². The van der Waals surface area contributed by atoms with Gasteiger partial charge in [0, 0.05) is 17.0 Å². The minimum absolute atomic E-state index is 0.00928. The van der Waals surface area contributed by atoms with Crippen LogP contribution in [0.4, 0.5) is 0 Å². The maximum atomic E-state index is 5.87. The zero-order chi connectivity index (χ0) is 12.4. The fourth-order valence-electron chi connectivity index (χ4n) is 1.51. The number of nitrogens with zero attached hydrogens (tertiary/aromatic N) is 3. The van der Waals surface area contributed by atoms with Gasteiger partial charge in [0.1, 0.15) is 17.0 Å². The number of ether oxygens (including phenoxy) is 1. The fraction of sp³-hybridized carbons (Fsp3) is 0.364. The molecule has 1 unspecified atom stereocenters. The molecule has 0 bridgehead atoms. The highest BCUT2D eigenvalue weighted by molar-refractivity contribution is 7.15. The molecule has 0 amide bonds. The van der Waals surface area contributed by atoms with E-state index in [-0.39, 0.29) is 6.04 Å². The Bertz CT molecular complexity index is 524. The molecule has 5 nitrogen and oxygen atoms in total. The maximum Gasteiger partial charge on any atom is 0.216 e. The molecule has 0 aliphatic carbocycles. The average molecular weight is 250 g/mol. The molecule has 6 heteroatoms. The Labute approximate surface area is 104 Å². The third-order valence-electron chi connectivity index (χ3n) is 2.32. The van der Waals surface area contributed by atoms with Crippen molar-refractivity contribution in [2.75, 3.05) is 7.11 Å². The molecule has 2 rings (SSSR count). The number of hydrogen-bond acceptors (Lipinski definition) is 6. The van der Waals surface area contributed by atoms with Crippen molar-refractivity contribution in [2.24, 2.45) is 5.73 Å². The standard InChI is InChI=1S/C11H14N4OS/c1-6(12)10-7(2)15-11(17-10)8-4-9(16-3)14-5-13-8/h4-6H,12H2,1-3H3. The second-order valence-electron chi connectivity index (χ2n) is 3.70. The predicted octanol–water partition coefficient (Wildman–Crippen LogP) is 1.94. The van der Waals surface area contributed by atoms with Crippen LogP contribution < -0.4 is 10.5 Å². The highest BCUT2D eigenvalue weighted by Gasteiger charge is 2.13. The molecule has 0 aliphatic heterocycles. The van der Waals surface area contributed by atoms with E-state index in [4.69, 9.17) is 10.5 Å².